The van der Waals surface area contributed by atoms with Crippen LogP contribution in [0.15, 0.2) is 24.3 Å². The van der Waals surface area contributed by atoms with Crippen LogP contribution in [0.2, 0.25) is 0 Å². The average molecular weight is 242 g/mol. The number of nitrogens with zero attached hydrogens (tertiary/aromatic N) is 2. The number of halogens is 3. The first-order valence-corrected chi connectivity index (χ1v) is 4.66. The van der Waals surface area contributed by atoms with Crippen molar-refractivity contribution in [2.45, 2.75) is 6.18 Å². The topological polar surface area (TPSA) is 44.1 Å². The molecule has 0 saturated carbocycles. The van der Waals surface area contributed by atoms with E-state index in [4.69, 9.17) is 5.26 Å². The van der Waals surface area contributed by atoms with Gasteiger partial charge in [-0.15, -0.1) is 0 Å². The van der Waals surface area contributed by atoms with E-state index in [1.54, 1.807) is 6.07 Å². The molecule has 0 bridgehead atoms. The van der Waals surface area contributed by atoms with E-state index >= 15 is 0 Å². The molecule has 0 heterocycles. The Morgan fingerprint density at radius 3 is 2.65 bits per heavy atom. The fourth-order valence-electron chi connectivity index (χ4n) is 1.23. The molecule has 1 amide bonds. The molecule has 6 heteroatoms. The molecule has 1 rings (SSSR count). The number of hydrogen-bond donors (Lipinski definition) is 0. The third-order valence-electron chi connectivity index (χ3n) is 2.09. The van der Waals surface area contributed by atoms with Gasteiger partial charge in [-0.2, -0.15) is 18.4 Å². The molecule has 0 aliphatic rings. The lowest BCUT2D eigenvalue weighted by Crippen LogP contribution is -2.27. The lowest BCUT2D eigenvalue weighted by Gasteiger charge is -2.14. The monoisotopic (exact) mass is 242 g/mol. The molecule has 17 heavy (non-hydrogen) atoms. The number of benzene rings is 1. The summed E-state index contributed by atoms with van der Waals surface area (Å²) in [5.74, 6) is -0.613. The van der Waals surface area contributed by atoms with E-state index in [1.165, 1.54) is 13.1 Å². The molecular weight excluding hydrogens is 233 g/mol. The van der Waals surface area contributed by atoms with Crippen LogP contribution in [0.4, 0.5) is 13.2 Å². The summed E-state index contributed by atoms with van der Waals surface area (Å²) in [6.45, 7) is -0.172. The Labute approximate surface area is 96.1 Å². The third kappa shape index (κ3) is 3.21. The Morgan fingerprint density at radius 1 is 1.47 bits per heavy atom. The highest BCUT2D eigenvalue weighted by molar-refractivity contribution is 5.94. The van der Waals surface area contributed by atoms with Gasteiger partial charge in [-0.05, 0) is 18.2 Å². The van der Waals surface area contributed by atoms with Crippen molar-refractivity contribution < 1.29 is 18.0 Å². The molecule has 0 unspecified atom stereocenters. The summed E-state index contributed by atoms with van der Waals surface area (Å²) in [5, 5.41) is 8.39. The predicted molar refractivity (Wildman–Crippen MR) is 54.0 cm³/mol. The van der Waals surface area contributed by atoms with Crippen LogP contribution in [0.25, 0.3) is 0 Å². The number of carbonyl (C=O) groups excluding carboxylic acids is 1. The van der Waals surface area contributed by atoms with Gasteiger partial charge < -0.3 is 4.90 Å². The van der Waals surface area contributed by atoms with Crippen molar-refractivity contribution in [3.63, 3.8) is 0 Å². The van der Waals surface area contributed by atoms with Crippen molar-refractivity contribution in [1.82, 2.24) is 4.90 Å². The molecule has 0 fully saturated rings. The number of alkyl halides is 3. The van der Waals surface area contributed by atoms with Crippen LogP contribution in [0, 0.1) is 11.3 Å². The van der Waals surface area contributed by atoms with E-state index < -0.39 is 17.6 Å². The molecule has 90 valence electrons. The van der Waals surface area contributed by atoms with Crippen molar-refractivity contribution >= 4 is 5.91 Å². The lowest BCUT2D eigenvalue weighted by molar-refractivity contribution is -0.137. The normalized spacial score (nSPS) is 10.8. The number of rotatable bonds is 2. The number of amides is 1. The largest absolute Gasteiger partial charge is 0.416 e. The zero-order chi connectivity index (χ0) is 13.1. The quantitative estimate of drug-likeness (QED) is 0.747. The molecule has 0 atom stereocenters. The molecule has 0 aliphatic carbocycles. The highest BCUT2D eigenvalue weighted by Crippen LogP contribution is 2.29. The van der Waals surface area contributed by atoms with Crippen LogP contribution in [-0.2, 0) is 6.18 Å². The Hall–Kier alpha value is -2.03. The Bertz CT molecular complexity index is 463. The maximum absolute atomic E-state index is 12.4. The molecule has 0 spiro atoms. The predicted octanol–water partition coefficient (Wildman–Crippen LogP) is 2.30. The van der Waals surface area contributed by atoms with Gasteiger partial charge in [-0.25, -0.2) is 0 Å². The molecule has 0 aliphatic heterocycles. The molecule has 1 aromatic rings. The smallest absolute Gasteiger partial charge is 0.328 e. The number of nitriles is 1. The molecule has 3 nitrogen and oxygen atoms in total. The summed E-state index contributed by atoms with van der Waals surface area (Å²) in [6, 6.07) is 5.86. The average Bonchev–Trinajstić information content (AvgIpc) is 2.27. The summed E-state index contributed by atoms with van der Waals surface area (Å²) < 4.78 is 37.2. The summed E-state index contributed by atoms with van der Waals surface area (Å²) in [4.78, 5) is 12.7. The molecule has 1 aromatic carbocycles. The van der Waals surface area contributed by atoms with Crippen LogP contribution in [0.1, 0.15) is 15.9 Å². The molecule has 0 saturated heterocycles. The van der Waals surface area contributed by atoms with Crippen molar-refractivity contribution in [2.24, 2.45) is 0 Å². The van der Waals surface area contributed by atoms with E-state index in [0.717, 1.165) is 23.1 Å². The molecule has 0 aromatic heterocycles. The van der Waals surface area contributed by atoms with Gasteiger partial charge in [0.05, 0.1) is 11.6 Å². The number of hydrogen-bond acceptors (Lipinski definition) is 2. The maximum atomic E-state index is 12.4. The summed E-state index contributed by atoms with van der Waals surface area (Å²) in [7, 11) is 1.35. The van der Waals surface area contributed by atoms with E-state index in [1.807, 2.05) is 0 Å². The molecule has 0 N–H and O–H groups in total. The second kappa shape index (κ2) is 4.87. The Morgan fingerprint density at radius 2 is 2.12 bits per heavy atom. The van der Waals surface area contributed by atoms with Gasteiger partial charge in [0.2, 0.25) is 0 Å². The summed E-state index contributed by atoms with van der Waals surface area (Å²) >= 11 is 0. The van der Waals surface area contributed by atoms with Crippen LogP contribution < -0.4 is 0 Å². The van der Waals surface area contributed by atoms with Crippen molar-refractivity contribution in [2.75, 3.05) is 13.6 Å². The first kappa shape index (κ1) is 13.0. The second-order valence-electron chi connectivity index (χ2n) is 3.40. The zero-order valence-corrected chi connectivity index (χ0v) is 8.95. The standard InChI is InChI=1S/C11H9F3N2O/c1-16(6-5-15)10(17)8-3-2-4-9(7-8)11(12,13)14/h2-4,7H,6H2,1H3. The Kier molecular flexibility index (Phi) is 3.73. The highest BCUT2D eigenvalue weighted by Gasteiger charge is 2.31. The van der Waals surface area contributed by atoms with Crippen LogP contribution in [0.3, 0.4) is 0 Å². The number of carbonyl (C=O) groups is 1. The second-order valence-corrected chi connectivity index (χ2v) is 3.40. The lowest BCUT2D eigenvalue weighted by atomic mass is 10.1. The zero-order valence-electron chi connectivity index (χ0n) is 8.95. The summed E-state index contributed by atoms with van der Waals surface area (Å²) in [6.07, 6.45) is -4.48. The van der Waals surface area contributed by atoms with Gasteiger partial charge >= 0.3 is 6.18 Å². The fourth-order valence-corrected chi connectivity index (χ4v) is 1.23. The minimum absolute atomic E-state index is 0.0856. The van der Waals surface area contributed by atoms with Gasteiger partial charge in [0, 0.05) is 12.6 Å². The SMILES string of the molecule is CN(CC#N)C(=O)c1cccc(C(F)(F)F)c1. The van der Waals surface area contributed by atoms with Crippen molar-refractivity contribution in [3.05, 3.63) is 35.4 Å². The first-order chi connectivity index (χ1) is 7.86. The maximum Gasteiger partial charge on any atom is 0.416 e. The van der Waals surface area contributed by atoms with Gasteiger partial charge in [-0.3, -0.25) is 4.79 Å². The van der Waals surface area contributed by atoms with E-state index in [0.29, 0.717) is 0 Å². The fraction of sp³-hybridized carbons (Fsp3) is 0.273. The molecule has 0 radical (unpaired) electrons. The van der Waals surface area contributed by atoms with Crippen LogP contribution >= 0.6 is 0 Å². The van der Waals surface area contributed by atoms with Crippen LogP contribution in [-0.4, -0.2) is 24.4 Å². The molecular formula is C11H9F3N2O. The van der Waals surface area contributed by atoms with Gasteiger partial charge in [0.1, 0.15) is 6.54 Å². The first-order valence-electron chi connectivity index (χ1n) is 4.66. The van der Waals surface area contributed by atoms with E-state index in [-0.39, 0.29) is 12.1 Å². The van der Waals surface area contributed by atoms with Crippen molar-refractivity contribution in [1.29, 1.82) is 5.26 Å². The van der Waals surface area contributed by atoms with E-state index in [2.05, 4.69) is 0 Å². The minimum Gasteiger partial charge on any atom is -0.328 e. The summed E-state index contributed by atoms with van der Waals surface area (Å²) in [5.41, 5.74) is -0.966. The minimum atomic E-state index is -4.48. The van der Waals surface area contributed by atoms with Gasteiger partial charge in [0.15, 0.2) is 0 Å². The van der Waals surface area contributed by atoms with E-state index in [9.17, 15) is 18.0 Å². The highest BCUT2D eigenvalue weighted by atomic mass is 19.4. The Balaban J connectivity index is 3.01. The van der Waals surface area contributed by atoms with Gasteiger partial charge in [-0.1, -0.05) is 6.07 Å². The van der Waals surface area contributed by atoms with Gasteiger partial charge in [0.25, 0.3) is 5.91 Å². The van der Waals surface area contributed by atoms with Crippen LogP contribution in [0.5, 0.6) is 0 Å². The van der Waals surface area contributed by atoms with Crippen molar-refractivity contribution in [3.8, 4) is 6.07 Å². The third-order valence-corrected chi connectivity index (χ3v) is 2.09.